The molecule has 1 fully saturated rings. The molecule has 0 spiro atoms. The highest BCUT2D eigenvalue weighted by atomic mass is 19.4. The second-order valence-corrected chi connectivity index (χ2v) is 8.97. The number of carbonyl (C=O) groups is 1. The number of amides is 1. The van der Waals surface area contributed by atoms with Crippen LogP contribution >= 0.6 is 0 Å². The Morgan fingerprint density at radius 3 is 2.51 bits per heavy atom. The molecule has 1 aliphatic heterocycles. The van der Waals surface area contributed by atoms with Crippen molar-refractivity contribution in [2.45, 2.75) is 50.3 Å². The van der Waals surface area contributed by atoms with Crippen molar-refractivity contribution >= 4 is 16.9 Å². The molecule has 5 rings (SSSR count). The average molecular weight is 486 g/mol. The van der Waals surface area contributed by atoms with Gasteiger partial charge in [0.15, 0.2) is 0 Å². The quantitative estimate of drug-likeness (QED) is 0.491. The molecule has 0 unspecified atom stereocenters. The smallest absolute Gasteiger partial charge is 0.406 e. The number of aromatic nitrogens is 2. The summed E-state index contributed by atoms with van der Waals surface area (Å²) in [5.74, 6) is -1.55. The number of carbonyl (C=O) groups excluding carboxylic acids is 1. The maximum Gasteiger partial charge on any atom is 0.573 e. The Morgan fingerprint density at radius 1 is 1.14 bits per heavy atom. The van der Waals surface area contributed by atoms with E-state index >= 15 is 4.39 Å². The Labute approximate surface area is 198 Å². The van der Waals surface area contributed by atoms with Gasteiger partial charge in [0.25, 0.3) is 5.91 Å². The predicted octanol–water partition coefficient (Wildman–Crippen LogP) is 5.56. The SMILES string of the molecule is N#C[C@H]1CCCc2[nH]c3ncc(F)c(C4CCN(C(=O)c5ccc(OC(F)(F)F)cc5)CC4)c3c21. The minimum atomic E-state index is -4.80. The van der Waals surface area contributed by atoms with Crippen LogP contribution in [0.15, 0.2) is 30.5 Å². The molecule has 1 aliphatic carbocycles. The first kappa shape index (κ1) is 23.1. The topological polar surface area (TPSA) is 82.0 Å². The van der Waals surface area contributed by atoms with Crippen LogP contribution < -0.4 is 4.74 Å². The molecule has 1 N–H and O–H groups in total. The molecular formula is C25H22F4N4O2. The van der Waals surface area contributed by atoms with E-state index in [0.29, 0.717) is 42.5 Å². The second-order valence-electron chi connectivity index (χ2n) is 8.97. The molecule has 1 amide bonds. The molecule has 10 heteroatoms. The van der Waals surface area contributed by atoms with Gasteiger partial charge in [0, 0.05) is 35.3 Å². The largest absolute Gasteiger partial charge is 0.573 e. The van der Waals surface area contributed by atoms with Crippen LogP contribution in [0.2, 0.25) is 0 Å². The fourth-order valence-corrected chi connectivity index (χ4v) is 5.32. The van der Waals surface area contributed by atoms with E-state index in [2.05, 4.69) is 20.8 Å². The number of nitrogens with zero attached hydrogens (tertiary/aromatic N) is 3. The number of nitrogens with one attached hydrogen (secondary N) is 1. The molecule has 2 aromatic heterocycles. The number of aromatic amines is 1. The molecule has 0 saturated carbocycles. The summed E-state index contributed by atoms with van der Waals surface area (Å²) in [6, 6.07) is 7.17. The number of ether oxygens (including phenoxy) is 1. The zero-order valence-corrected chi connectivity index (χ0v) is 18.7. The molecule has 1 atom stereocenters. The molecule has 182 valence electrons. The lowest BCUT2D eigenvalue weighted by Gasteiger charge is -2.33. The zero-order valence-electron chi connectivity index (χ0n) is 18.7. The van der Waals surface area contributed by atoms with Gasteiger partial charge in [0.1, 0.15) is 17.2 Å². The van der Waals surface area contributed by atoms with Gasteiger partial charge in [-0.15, -0.1) is 13.2 Å². The van der Waals surface area contributed by atoms with E-state index in [9.17, 15) is 23.2 Å². The summed E-state index contributed by atoms with van der Waals surface area (Å²) < 4.78 is 56.1. The van der Waals surface area contributed by atoms with Crippen LogP contribution in [-0.4, -0.2) is 40.2 Å². The van der Waals surface area contributed by atoms with Crippen molar-refractivity contribution in [1.29, 1.82) is 5.26 Å². The van der Waals surface area contributed by atoms with E-state index in [4.69, 9.17) is 0 Å². The number of pyridine rings is 1. The van der Waals surface area contributed by atoms with Gasteiger partial charge in [-0.05, 0) is 67.9 Å². The number of hydrogen-bond acceptors (Lipinski definition) is 4. The van der Waals surface area contributed by atoms with Gasteiger partial charge in [-0.3, -0.25) is 4.79 Å². The number of benzene rings is 1. The number of hydrogen-bond donors (Lipinski definition) is 1. The van der Waals surface area contributed by atoms with Crippen molar-refractivity contribution in [2.24, 2.45) is 0 Å². The average Bonchev–Trinajstić information content (AvgIpc) is 3.22. The van der Waals surface area contributed by atoms with Crippen LogP contribution in [0.3, 0.4) is 0 Å². The lowest BCUT2D eigenvalue weighted by molar-refractivity contribution is -0.274. The Balaban J connectivity index is 1.35. The summed E-state index contributed by atoms with van der Waals surface area (Å²) in [4.78, 5) is 22.0. The number of nitriles is 1. The zero-order chi connectivity index (χ0) is 24.7. The Hall–Kier alpha value is -3.61. The Kier molecular flexibility index (Phi) is 5.87. The van der Waals surface area contributed by atoms with Crippen LogP contribution in [0.25, 0.3) is 11.0 Å². The van der Waals surface area contributed by atoms with Crippen LogP contribution in [0, 0.1) is 17.1 Å². The maximum absolute atomic E-state index is 15.1. The van der Waals surface area contributed by atoms with Gasteiger partial charge in [-0.1, -0.05) is 0 Å². The first-order chi connectivity index (χ1) is 16.7. The number of fused-ring (bicyclic) bond motifs is 3. The van der Waals surface area contributed by atoms with Gasteiger partial charge in [0.2, 0.25) is 0 Å². The molecule has 1 aromatic carbocycles. The molecule has 35 heavy (non-hydrogen) atoms. The first-order valence-corrected chi connectivity index (χ1v) is 11.5. The van der Waals surface area contributed by atoms with Crippen molar-refractivity contribution in [1.82, 2.24) is 14.9 Å². The van der Waals surface area contributed by atoms with Gasteiger partial charge in [-0.25, -0.2) is 9.37 Å². The molecule has 1 saturated heterocycles. The van der Waals surface area contributed by atoms with Crippen molar-refractivity contribution < 1.29 is 27.1 Å². The normalized spacial score (nSPS) is 18.8. The highest BCUT2D eigenvalue weighted by Crippen LogP contribution is 2.42. The van der Waals surface area contributed by atoms with Gasteiger partial charge < -0.3 is 14.6 Å². The lowest BCUT2D eigenvalue weighted by Crippen LogP contribution is -2.38. The predicted molar refractivity (Wildman–Crippen MR) is 118 cm³/mol. The lowest BCUT2D eigenvalue weighted by atomic mass is 9.81. The number of aryl methyl sites for hydroxylation is 1. The van der Waals surface area contributed by atoms with E-state index in [1.54, 1.807) is 4.90 Å². The molecule has 0 bridgehead atoms. The summed E-state index contributed by atoms with van der Waals surface area (Å²) in [6.07, 6.45) is -0.130. The van der Waals surface area contributed by atoms with Gasteiger partial charge in [0.05, 0.1) is 18.2 Å². The molecule has 0 radical (unpaired) electrons. The van der Waals surface area contributed by atoms with Gasteiger partial charge >= 0.3 is 6.36 Å². The summed E-state index contributed by atoms with van der Waals surface area (Å²) in [5.41, 5.74) is 3.20. The summed E-state index contributed by atoms with van der Waals surface area (Å²) >= 11 is 0. The van der Waals surface area contributed by atoms with E-state index in [1.165, 1.54) is 18.3 Å². The highest BCUT2D eigenvalue weighted by molar-refractivity contribution is 5.94. The fourth-order valence-electron chi connectivity index (χ4n) is 5.32. The van der Waals surface area contributed by atoms with E-state index < -0.39 is 17.9 Å². The van der Waals surface area contributed by atoms with Crippen LogP contribution in [-0.2, 0) is 6.42 Å². The molecule has 3 aromatic rings. The molecule has 2 aliphatic rings. The summed E-state index contributed by atoms with van der Waals surface area (Å²) in [6.45, 7) is 0.754. The van der Waals surface area contributed by atoms with Crippen LogP contribution in [0.5, 0.6) is 5.75 Å². The van der Waals surface area contributed by atoms with Crippen molar-refractivity contribution in [3.63, 3.8) is 0 Å². The second kappa shape index (κ2) is 8.87. The van der Waals surface area contributed by atoms with E-state index in [-0.39, 0.29) is 23.3 Å². The number of alkyl halides is 3. The van der Waals surface area contributed by atoms with E-state index in [1.807, 2.05) is 0 Å². The molecule has 6 nitrogen and oxygen atoms in total. The Bertz CT molecular complexity index is 1300. The third-order valence-corrected chi connectivity index (χ3v) is 6.88. The fraction of sp³-hybridized carbons (Fsp3) is 0.400. The minimum Gasteiger partial charge on any atom is -0.406 e. The van der Waals surface area contributed by atoms with Crippen LogP contribution in [0.4, 0.5) is 17.6 Å². The number of halogens is 4. The third kappa shape index (κ3) is 4.43. The van der Waals surface area contributed by atoms with Crippen molar-refractivity contribution in [2.75, 3.05) is 13.1 Å². The first-order valence-electron chi connectivity index (χ1n) is 11.5. The Morgan fingerprint density at radius 2 is 1.86 bits per heavy atom. The standard InChI is InChI=1S/C25H22F4N4O2/c26-18-13-31-23-22(21-16(12-30)2-1-3-19(21)32-23)20(18)14-8-10-33(11-9-14)24(34)15-4-6-17(7-5-15)35-25(27,28)29/h4-7,13-14,16H,1-3,8-11H2,(H,31,32)/t16-/m1/s1. The summed E-state index contributed by atoms with van der Waals surface area (Å²) in [7, 11) is 0. The number of likely N-dealkylation sites (tertiary alicyclic amines) is 1. The third-order valence-electron chi connectivity index (χ3n) is 6.88. The maximum atomic E-state index is 15.1. The number of H-pyrrole nitrogens is 1. The van der Waals surface area contributed by atoms with Crippen LogP contribution in [0.1, 0.15) is 64.7 Å². The van der Waals surface area contributed by atoms with Crippen molar-refractivity contribution in [3.05, 3.63) is 58.7 Å². The molecule has 3 heterocycles. The van der Waals surface area contributed by atoms with E-state index in [0.717, 1.165) is 42.7 Å². The highest BCUT2D eigenvalue weighted by Gasteiger charge is 2.33. The number of piperidine rings is 1. The minimum absolute atomic E-state index is 0.145. The summed E-state index contributed by atoms with van der Waals surface area (Å²) in [5, 5.41) is 10.4. The number of rotatable bonds is 3. The molecular weight excluding hydrogens is 464 g/mol. The van der Waals surface area contributed by atoms with Crippen molar-refractivity contribution in [3.8, 4) is 11.8 Å². The monoisotopic (exact) mass is 486 g/mol. The van der Waals surface area contributed by atoms with Gasteiger partial charge in [-0.2, -0.15) is 5.26 Å².